The number of hydrogen-bond acceptors (Lipinski definition) is 4. The quantitative estimate of drug-likeness (QED) is 0.681. The number of halogens is 1. The van der Waals surface area contributed by atoms with Gasteiger partial charge in [-0.05, 0) is 25.2 Å². The van der Waals surface area contributed by atoms with Gasteiger partial charge in [-0.1, -0.05) is 11.6 Å². The zero-order valence-electron chi connectivity index (χ0n) is 9.64. The Kier molecular flexibility index (Phi) is 3.64. The fraction of sp³-hybridized carbons (Fsp3) is 0.167. The van der Waals surface area contributed by atoms with Gasteiger partial charge in [0, 0.05) is 17.7 Å². The number of non-ortho nitro benzene ring substituents is 1. The first-order valence-electron chi connectivity index (χ1n) is 5.29. The molecule has 0 aliphatic heterocycles. The molecule has 1 heterocycles. The van der Waals surface area contributed by atoms with Crippen molar-refractivity contribution in [2.24, 2.45) is 0 Å². The number of hydrogen-bond donors (Lipinski definition) is 1. The Balaban J connectivity index is 2.35. The fourth-order valence-corrected chi connectivity index (χ4v) is 1.88. The number of nitro benzene ring substituents is 1. The van der Waals surface area contributed by atoms with Crippen LogP contribution in [-0.2, 0) is 6.54 Å². The van der Waals surface area contributed by atoms with Gasteiger partial charge in [-0.25, -0.2) is 0 Å². The summed E-state index contributed by atoms with van der Waals surface area (Å²) >= 11 is 6.01. The van der Waals surface area contributed by atoms with Crippen LogP contribution >= 0.6 is 11.6 Å². The van der Waals surface area contributed by atoms with Gasteiger partial charge in [0.05, 0.1) is 16.5 Å². The molecule has 0 fully saturated rings. The van der Waals surface area contributed by atoms with Crippen LogP contribution in [0.3, 0.4) is 0 Å². The van der Waals surface area contributed by atoms with Crippen molar-refractivity contribution in [1.29, 1.82) is 0 Å². The summed E-state index contributed by atoms with van der Waals surface area (Å²) in [5.74, 6) is 1.38. The molecule has 0 saturated carbocycles. The first-order valence-corrected chi connectivity index (χ1v) is 5.67. The molecule has 2 rings (SSSR count). The number of furan rings is 1. The third-order valence-electron chi connectivity index (χ3n) is 2.44. The summed E-state index contributed by atoms with van der Waals surface area (Å²) in [6.45, 7) is 0.616. The Morgan fingerprint density at radius 3 is 2.78 bits per heavy atom. The van der Waals surface area contributed by atoms with Gasteiger partial charge in [-0.2, -0.15) is 0 Å². The van der Waals surface area contributed by atoms with Gasteiger partial charge < -0.3 is 9.73 Å². The summed E-state index contributed by atoms with van der Waals surface area (Å²) in [6, 6.07) is 7.93. The van der Waals surface area contributed by atoms with Crippen LogP contribution in [0.15, 0.2) is 34.7 Å². The summed E-state index contributed by atoms with van der Waals surface area (Å²) in [5.41, 5.74) is 0.607. The molecule has 1 N–H and O–H groups in total. The van der Waals surface area contributed by atoms with Crippen LogP contribution in [0.1, 0.15) is 5.76 Å². The van der Waals surface area contributed by atoms with Crippen LogP contribution in [0.5, 0.6) is 0 Å². The van der Waals surface area contributed by atoms with Gasteiger partial charge >= 0.3 is 0 Å². The molecule has 5 nitrogen and oxygen atoms in total. The highest BCUT2D eigenvalue weighted by Crippen LogP contribution is 2.32. The van der Waals surface area contributed by atoms with E-state index in [1.54, 1.807) is 12.1 Å². The van der Waals surface area contributed by atoms with Crippen molar-refractivity contribution in [2.75, 3.05) is 7.05 Å². The first-order chi connectivity index (χ1) is 8.61. The van der Waals surface area contributed by atoms with Crippen molar-refractivity contribution in [2.45, 2.75) is 6.54 Å². The predicted octanol–water partition coefficient (Wildman–Crippen LogP) is 3.23. The van der Waals surface area contributed by atoms with Crippen LogP contribution in [0.4, 0.5) is 5.69 Å². The summed E-state index contributed by atoms with van der Waals surface area (Å²) in [6.07, 6.45) is 0. The number of nitrogens with one attached hydrogen (secondary N) is 1. The van der Waals surface area contributed by atoms with E-state index in [0.29, 0.717) is 22.9 Å². The highest BCUT2D eigenvalue weighted by molar-refractivity contribution is 6.33. The van der Waals surface area contributed by atoms with E-state index >= 15 is 0 Å². The lowest BCUT2D eigenvalue weighted by Gasteiger charge is -2.01. The zero-order chi connectivity index (χ0) is 13.1. The Hall–Kier alpha value is -1.85. The van der Waals surface area contributed by atoms with Gasteiger partial charge in [0.2, 0.25) is 0 Å². The highest BCUT2D eigenvalue weighted by Gasteiger charge is 2.13. The van der Waals surface area contributed by atoms with E-state index < -0.39 is 4.92 Å². The maximum Gasteiger partial charge on any atom is 0.270 e. The lowest BCUT2D eigenvalue weighted by molar-refractivity contribution is -0.384. The summed E-state index contributed by atoms with van der Waals surface area (Å²) in [4.78, 5) is 10.1. The lowest BCUT2D eigenvalue weighted by atomic mass is 10.1. The van der Waals surface area contributed by atoms with Crippen molar-refractivity contribution in [1.82, 2.24) is 5.32 Å². The van der Waals surface area contributed by atoms with Gasteiger partial charge in [0.15, 0.2) is 0 Å². The van der Waals surface area contributed by atoms with Gasteiger partial charge in [-0.15, -0.1) is 0 Å². The van der Waals surface area contributed by atoms with E-state index in [1.807, 2.05) is 13.1 Å². The third kappa shape index (κ3) is 2.52. The normalized spacial score (nSPS) is 10.6. The minimum Gasteiger partial charge on any atom is -0.460 e. The van der Waals surface area contributed by atoms with Crippen LogP contribution in [-0.4, -0.2) is 12.0 Å². The third-order valence-corrected chi connectivity index (χ3v) is 2.75. The lowest BCUT2D eigenvalue weighted by Crippen LogP contribution is -2.03. The summed E-state index contributed by atoms with van der Waals surface area (Å²) < 4.78 is 5.57. The SMILES string of the molecule is CNCc1ccc(-c2ccc([N+](=O)[O-])cc2Cl)o1. The van der Waals surface area contributed by atoms with Crippen molar-refractivity contribution in [3.8, 4) is 11.3 Å². The molecule has 94 valence electrons. The second kappa shape index (κ2) is 5.20. The molecule has 6 heteroatoms. The minimum atomic E-state index is -0.482. The highest BCUT2D eigenvalue weighted by atomic mass is 35.5. The molecular formula is C12H11ClN2O3. The average molecular weight is 267 g/mol. The molecule has 0 spiro atoms. The second-order valence-corrected chi connectivity index (χ2v) is 4.12. The molecule has 18 heavy (non-hydrogen) atoms. The van der Waals surface area contributed by atoms with E-state index in [9.17, 15) is 10.1 Å². The van der Waals surface area contributed by atoms with Crippen molar-refractivity contribution in [3.05, 3.63) is 51.2 Å². The van der Waals surface area contributed by atoms with Crippen LogP contribution in [0.25, 0.3) is 11.3 Å². The molecule has 0 aliphatic carbocycles. The minimum absolute atomic E-state index is 0.0363. The molecule has 1 aromatic heterocycles. The Labute approximate surface area is 109 Å². The largest absolute Gasteiger partial charge is 0.460 e. The van der Waals surface area contributed by atoms with Gasteiger partial charge in [0.25, 0.3) is 5.69 Å². The topological polar surface area (TPSA) is 68.3 Å². The molecule has 0 radical (unpaired) electrons. The van der Waals surface area contributed by atoms with Gasteiger partial charge in [-0.3, -0.25) is 10.1 Å². The van der Waals surface area contributed by atoms with Crippen LogP contribution < -0.4 is 5.32 Å². The second-order valence-electron chi connectivity index (χ2n) is 3.72. The molecule has 0 saturated heterocycles. The molecule has 0 unspecified atom stereocenters. The number of nitro groups is 1. The van der Waals surface area contributed by atoms with Crippen molar-refractivity contribution in [3.63, 3.8) is 0 Å². The van der Waals surface area contributed by atoms with Gasteiger partial charge in [0.1, 0.15) is 11.5 Å². The molecule has 0 bridgehead atoms. The average Bonchev–Trinajstić information content (AvgIpc) is 2.77. The van der Waals surface area contributed by atoms with E-state index in [-0.39, 0.29) is 5.69 Å². The van der Waals surface area contributed by atoms with E-state index in [0.717, 1.165) is 5.76 Å². The Bertz CT molecular complexity index is 580. The number of nitrogens with zero attached hydrogens (tertiary/aromatic N) is 1. The molecule has 0 amide bonds. The number of rotatable bonds is 4. The number of benzene rings is 1. The standard InChI is InChI=1S/C12H11ClN2O3/c1-14-7-9-3-5-12(18-9)10-4-2-8(15(16)17)6-11(10)13/h2-6,14H,7H2,1H3. The maximum atomic E-state index is 10.6. The zero-order valence-corrected chi connectivity index (χ0v) is 10.4. The predicted molar refractivity (Wildman–Crippen MR) is 68.6 cm³/mol. The molecular weight excluding hydrogens is 256 g/mol. The first kappa shape index (κ1) is 12.6. The van der Waals surface area contributed by atoms with Crippen molar-refractivity contribution >= 4 is 17.3 Å². The molecule has 0 atom stereocenters. The molecule has 1 aromatic carbocycles. The summed E-state index contributed by atoms with van der Waals surface area (Å²) in [5, 5.41) is 13.9. The van der Waals surface area contributed by atoms with Crippen molar-refractivity contribution < 1.29 is 9.34 Å². The monoisotopic (exact) mass is 266 g/mol. The maximum absolute atomic E-state index is 10.6. The molecule has 2 aromatic rings. The summed E-state index contributed by atoms with van der Waals surface area (Å²) in [7, 11) is 1.82. The van der Waals surface area contributed by atoms with E-state index in [1.165, 1.54) is 12.1 Å². The van der Waals surface area contributed by atoms with E-state index in [4.69, 9.17) is 16.0 Å². The Morgan fingerprint density at radius 2 is 2.17 bits per heavy atom. The smallest absolute Gasteiger partial charge is 0.270 e. The molecule has 0 aliphatic rings. The fourth-order valence-electron chi connectivity index (χ4n) is 1.61. The van der Waals surface area contributed by atoms with E-state index in [2.05, 4.69) is 5.32 Å². The van der Waals surface area contributed by atoms with Crippen LogP contribution in [0, 0.1) is 10.1 Å². The Morgan fingerprint density at radius 1 is 1.39 bits per heavy atom. The van der Waals surface area contributed by atoms with Crippen LogP contribution in [0.2, 0.25) is 5.02 Å².